The molecule has 0 aromatic heterocycles. The van der Waals surface area contributed by atoms with Gasteiger partial charge in [0.25, 0.3) is 0 Å². The number of carbonyl (C=O) groups is 1. The summed E-state index contributed by atoms with van der Waals surface area (Å²) < 4.78 is 5.89. The van der Waals surface area contributed by atoms with Crippen molar-refractivity contribution in [2.24, 2.45) is 5.92 Å². The number of ether oxygens (including phenoxy) is 1. The van der Waals surface area contributed by atoms with Crippen LogP contribution in [0.1, 0.15) is 102 Å². The fourth-order valence-electron chi connectivity index (χ4n) is 4.92. The third-order valence-corrected chi connectivity index (χ3v) is 6.98. The summed E-state index contributed by atoms with van der Waals surface area (Å²) in [4.78, 5) is 12.8. The highest BCUT2D eigenvalue weighted by Gasteiger charge is 2.29. The van der Waals surface area contributed by atoms with Crippen molar-refractivity contribution in [3.05, 3.63) is 54.1 Å². The van der Waals surface area contributed by atoms with Gasteiger partial charge in [-0.1, -0.05) is 102 Å². The predicted molar refractivity (Wildman–Crippen MR) is 135 cm³/mol. The lowest BCUT2D eigenvalue weighted by Crippen LogP contribution is -2.23. The van der Waals surface area contributed by atoms with Crippen molar-refractivity contribution in [1.82, 2.24) is 0 Å². The van der Waals surface area contributed by atoms with Gasteiger partial charge in [-0.2, -0.15) is 0 Å². The maximum atomic E-state index is 12.8. The topological polar surface area (TPSA) is 26.3 Å². The van der Waals surface area contributed by atoms with Crippen LogP contribution in [0.2, 0.25) is 0 Å². The highest BCUT2D eigenvalue weighted by Crippen LogP contribution is 2.36. The van der Waals surface area contributed by atoms with E-state index in [1.807, 2.05) is 0 Å². The summed E-state index contributed by atoms with van der Waals surface area (Å²) in [6.45, 7) is 5.28. The molecule has 0 bridgehead atoms. The Kier molecular flexibility index (Phi) is 10.3. The molecule has 2 nitrogen and oxygen atoms in total. The van der Waals surface area contributed by atoms with E-state index < -0.39 is 0 Å². The van der Waals surface area contributed by atoms with Gasteiger partial charge in [0.15, 0.2) is 0 Å². The summed E-state index contributed by atoms with van der Waals surface area (Å²) in [5.41, 5.74) is 3.58. The fraction of sp³-hybridized carbons (Fsp3) is 0.567. The molecule has 2 aromatic carbocycles. The molecule has 174 valence electrons. The summed E-state index contributed by atoms with van der Waals surface area (Å²) in [7, 11) is 0. The van der Waals surface area contributed by atoms with E-state index >= 15 is 0 Å². The summed E-state index contributed by atoms with van der Waals surface area (Å²) >= 11 is 0. The number of benzene rings is 2. The minimum absolute atomic E-state index is 0.0968. The lowest BCUT2D eigenvalue weighted by molar-refractivity contribution is -0.123. The quantitative estimate of drug-likeness (QED) is 0.295. The first kappa shape index (κ1) is 24.6. The Morgan fingerprint density at radius 2 is 1.38 bits per heavy atom. The van der Waals surface area contributed by atoms with Crippen molar-refractivity contribution in [2.75, 3.05) is 6.61 Å². The van der Waals surface area contributed by atoms with E-state index in [2.05, 4.69) is 62.4 Å². The summed E-state index contributed by atoms with van der Waals surface area (Å²) in [5, 5.41) is 0. The smallest absolute Gasteiger partial charge is 0.140 e. The molecule has 0 amide bonds. The second-order valence-electron chi connectivity index (χ2n) is 9.57. The number of rotatable bonds is 13. The first-order chi connectivity index (χ1) is 15.7. The first-order valence-corrected chi connectivity index (χ1v) is 13.1. The van der Waals surface area contributed by atoms with Gasteiger partial charge in [-0.25, -0.2) is 0 Å². The summed E-state index contributed by atoms with van der Waals surface area (Å²) in [5.74, 6) is 2.10. The standard InChI is InChI=1S/C30H42O2/c1-3-5-7-8-10-22-32-28-19-17-26(18-20-28)25-13-15-27(16-14-25)29-21-12-24(23-30(29)31)11-9-6-4-2/h13-20,24,29H,3-12,21-23H2,1-2H3/t24-,29+/m1/s1. The van der Waals surface area contributed by atoms with Gasteiger partial charge in [0, 0.05) is 12.3 Å². The number of ketones is 1. The Morgan fingerprint density at radius 3 is 2.03 bits per heavy atom. The van der Waals surface area contributed by atoms with E-state index in [0.29, 0.717) is 11.7 Å². The van der Waals surface area contributed by atoms with Crippen LogP contribution in [0, 0.1) is 5.92 Å². The second kappa shape index (κ2) is 13.5. The van der Waals surface area contributed by atoms with Crippen LogP contribution in [0.5, 0.6) is 5.75 Å². The van der Waals surface area contributed by atoms with E-state index in [0.717, 1.165) is 31.6 Å². The highest BCUT2D eigenvalue weighted by atomic mass is 16.5. The van der Waals surface area contributed by atoms with Crippen LogP contribution in [-0.4, -0.2) is 12.4 Å². The van der Waals surface area contributed by atoms with Crippen LogP contribution < -0.4 is 4.74 Å². The molecule has 0 N–H and O–H groups in total. The van der Waals surface area contributed by atoms with Gasteiger partial charge < -0.3 is 4.74 Å². The zero-order valence-electron chi connectivity index (χ0n) is 20.3. The van der Waals surface area contributed by atoms with Gasteiger partial charge in [-0.3, -0.25) is 4.79 Å². The molecule has 0 unspecified atom stereocenters. The molecule has 1 aliphatic rings. The molecule has 1 aliphatic carbocycles. The number of hydrogen-bond acceptors (Lipinski definition) is 2. The van der Waals surface area contributed by atoms with Gasteiger partial charge in [0.1, 0.15) is 11.5 Å². The number of hydrogen-bond donors (Lipinski definition) is 0. The number of unbranched alkanes of at least 4 members (excludes halogenated alkanes) is 6. The van der Waals surface area contributed by atoms with E-state index in [1.54, 1.807) is 0 Å². The van der Waals surface area contributed by atoms with Crippen LogP contribution in [0.3, 0.4) is 0 Å². The fourth-order valence-corrected chi connectivity index (χ4v) is 4.92. The van der Waals surface area contributed by atoms with Crippen LogP contribution in [-0.2, 0) is 4.79 Å². The van der Waals surface area contributed by atoms with Crippen LogP contribution in [0.4, 0.5) is 0 Å². The molecular weight excluding hydrogens is 392 g/mol. The Balaban J connectivity index is 1.48. The third kappa shape index (κ3) is 7.50. The Morgan fingerprint density at radius 1 is 0.750 bits per heavy atom. The zero-order chi connectivity index (χ0) is 22.6. The largest absolute Gasteiger partial charge is 0.494 e. The van der Waals surface area contributed by atoms with Crippen molar-refractivity contribution in [2.45, 2.75) is 96.8 Å². The second-order valence-corrected chi connectivity index (χ2v) is 9.57. The average molecular weight is 435 g/mol. The predicted octanol–water partition coefficient (Wildman–Crippen LogP) is 8.74. The minimum Gasteiger partial charge on any atom is -0.494 e. The number of Topliss-reactive ketones (excluding diaryl/α,β-unsaturated/α-hetero) is 1. The van der Waals surface area contributed by atoms with Gasteiger partial charge in [0.05, 0.1) is 6.61 Å². The molecule has 0 saturated heterocycles. The third-order valence-electron chi connectivity index (χ3n) is 6.98. The van der Waals surface area contributed by atoms with Crippen molar-refractivity contribution >= 4 is 5.78 Å². The Hall–Kier alpha value is -2.09. The van der Waals surface area contributed by atoms with Crippen molar-refractivity contribution in [1.29, 1.82) is 0 Å². The maximum absolute atomic E-state index is 12.8. The van der Waals surface area contributed by atoms with Crippen molar-refractivity contribution < 1.29 is 9.53 Å². The molecule has 2 aromatic rings. The molecule has 2 atom stereocenters. The van der Waals surface area contributed by atoms with Crippen LogP contribution >= 0.6 is 0 Å². The lowest BCUT2D eigenvalue weighted by Gasteiger charge is -2.27. The normalized spacial score (nSPS) is 18.6. The Bertz CT molecular complexity index is 791. The molecule has 0 radical (unpaired) electrons. The van der Waals surface area contributed by atoms with Crippen molar-refractivity contribution in [3.8, 4) is 16.9 Å². The first-order valence-electron chi connectivity index (χ1n) is 13.1. The molecule has 0 spiro atoms. The monoisotopic (exact) mass is 434 g/mol. The lowest BCUT2D eigenvalue weighted by atomic mass is 9.76. The minimum atomic E-state index is 0.0968. The van der Waals surface area contributed by atoms with E-state index in [9.17, 15) is 4.79 Å². The molecule has 0 heterocycles. The van der Waals surface area contributed by atoms with E-state index in [1.165, 1.54) is 74.5 Å². The Labute approximate surface area is 195 Å². The summed E-state index contributed by atoms with van der Waals surface area (Å²) in [6, 6.07) is 17.1. The maximum Gasteiger partial charge on any atom is 0.140 e. The molecule has 0 aliphatic heterocycles. The SMILES string of the molecule is CCCCCCCOc1ccc(-c2ccc([C@@H]3CC[C@@H](CCCCC)CC3=O)cc2)cc1. The summed E-state index contributed by atoms with van der Waals surface area (Å²) in [6.07, 6.45) is 14.3. The zero-order valence-corrected chi connectivity index (χ0v) is 20.3. The molecule has 1 saturated carbocycles. The van der Waals surface area contributed by atoms with Gasteiger partial charge in [-0.05, 0) is 54.0 Å². The van der Waals surface area contributed by atoms with Crippen LogP contribution in [0.25, 0.3) is 11.1 Å². The van der Waals surface area contributed by atoms with E-state index in [-0.39, 0.29) is 5.92 Å². The molecule has 32 heavy (non-hydrogen) atoms. The van der Waals surface area contributed by atoms with Gasteiger partial charge >= 0.3 is 0 Å². The van der Waals surface area contributed by atoms with Crippen LogP contribution in [0.15, 0.2) is 48.5 Å². The van der Waals surface area contributed by atoms with E-state index in [4.69, 9.17) is 4.74 Å². The molecule has 2 heteroatoms. The molecular formula is C30H42O2. The number of carbonyl (C=O) groups excluding carboxylic acids is 1. The molecule has 1 fully saturated rings. The average Bonchev–Trinajstić information content (AvgIpc) is 2.82. The van der Waals surface area contributed by atoms with Crippen molar-refractivity contribution in [3.63, 3.8) is 0 Å². The van der Waals surface area contributed by atoms with Gasteiger partial charge in [0.2, 0.25) is 0 Å². The highest BCUT2D eigenvalue weighted by molar-refractivity contribution is 5.86. The van der Waals surface area contributed by atoms with Gasteiger partial charge in [-0.15, -0.1) is 0 Å². The molecule has 3 rings (SSSR count).